The number of aromatic nitrogens is 2. The zero-order chi connectivity index (χ0) is 11.8. The summed E-state index contributed by atoms with van der Waals surface area (Å²) in [4.78, 5) is 12.1. The number of nitrogens with zero attached hydrogens (tertiary/aromatic N) is 1. The molecule has 17 heavy (non-hydrogen) atoms. The van der Waals surface area contributed by atoms with Crippen LogP contribution in [0.5, 0.6) is 0 Å². The number of carbonyl (C=O) groups is 1. The number of aryl methyl sites for hydroxylation is 1. The Balaban J connectivity index is 1.69. The molecule has 5 nitrogen and oxygen atoms in total. The van der Waals surface area contributed by atoms with Crippen molar-refractivity contribution in [3.63, 3.8) is 0 Å². The summed E-state index contributed by atoms with van der Waals surface area (Å²) in [6.07, 6.45) is 5.99. The standard InChI is InChI=1S/C12H18N4O/c13-7-4-5-8(6-7)14-12(17)11-9-2-1-3-10(9)15-16-11/h7-8H,1-6,13H2,(H,14,17)(H,15,16)/t7-,8-/m1/s1. The molecule has 1 saturated carbocycles. The van der Waals surface area contributed by atoms with E-state index in [9.17, 15) is 4.79 Å². The van der Waals surface area contributed by atoms with Gasteiger partial charge in [0.2, 0.25) is 0 Å². The first-order valence-corrected chi connectivity index (χ1v) is 6.36. The van der Waals surface area contributed by atoms with Crippen LogP contribution >= 0.6 is 0 Å². The Labute approximate surface area is 100 Å². The van der Waals surface area contributed by atoms with Crippen LogP contribution in [0.1, 0.15) is 47.4 Å². The summed E-state index contributed by atoms with van der Waals surface area (Å²) in [6, 6.07) is 0.469. The summed E-state index contributed by atoms with van der Waals surface area (Å²) in [5.41, 5.74) is 8.68. The second-order valence-electron chi connectivity index (χ2n) is 5.13. The van der Waals surface area contributed by atoms with Crippen LogP contribution < -0.4 is 11.1 Å². The highest BCUT2D eigenvalue weighted by molar-refractivity contribution is 5.94. The first kappa shape index (κ1) is 10.8. The summed E-state index contributed by atoms with van der Waals surface area (Å²) < 4.78 is 0. The maximum absolute atomic E-state index is 12.1. The molecule has 3 rings (SSSR count). The third-order valence-corrected chi connectivity index (χ3v) is 3.83. The van der Waals surface area contributed by atoms with Gasteiger partial charge < -0.3 is 11.1 Å². The van der Waals surface area contributed by atoms with Crippen molar-refractivity contribution in [2.24, 2.45) is 5.73 Å². The smallest absolute Gasteiger partial charge is 0.272 e. The summed E-state index contributed by atoms with van der Waals surface area (Å²) in [5, 5.41) is 10.1. The predicted molar refractivity (Wildman–Crippen MR) is 63.7 cm³/mol. The molecule has 1 amide bonds. The Morgan fingerprint density at radius 1 is 1.41 bits per heavy atom. The van der Waals surface area contributed by atoms with Crippen molar-refractivity contribution in [1.29, 1.82) is 0 Å². The van der Waals surface area contributed by atoms with E-state index in [-0.39, 0.29) is 18.0 Å². The molecule has 0 unspecified atom stereocenters. The van der Waals surface area contributed by atoms with Crippen LogP contribution in [-0.4, -0.2) is 28.2 Å². The highest BCUT2D eigenvalue weighted by atomic mass is 16.2. The predicted octanol–water partition coefficient (Wildman–Crippen LogP) is 0.508. The number of rotatable bonds is 2. The lowest BCUT2D eigenvalue weighted by molar-refractivity contribution is 0.0931. The maximum atomic E-state index is 12.1. The zero-order valence-corrected chi connectivity index (χ0v) is 9.83. The van der Waals surface area contributed by atoms with Crippen molar-refractivity contribution >= 4 is 5.91 Å². The van der Waals surface area contributed by atoms with Crippen LogP contribution in [-0.2, 0) is 12.8 Å². The monoisotopic (exact) mass is 234 g/mol. The molecule has 1 fully saturated rings. The molecule has 5 heteroatoms. The van der Waals surface area contributed by atoms with Crippen LogP contribution in [0.2, 0.25) is 0 Å². The van der Waals surface area contributed by atoms with Gasteiger partial charge in [0.25, 0.3) is 5.91 Å². The number of nitrogens with two attached hydrogens (primary N) is 1. The van der Waals surface area contributed by atoms with E-state index in [2.05, 4.69) is 15.5 Å². The minimum absolute atomic E-state index is 0.0384. The van der Waals surface area contributed by atoms with Crippen molar-refractivity contribution in [2.75, 3.05) is 0 Å². The Bertz CT molecular complexity index is 440. The Morgan fingerprint density at radius 2 is 2.29 bits per heavy atom. The first-order valence-electron chi connectivity index (χ1n) is 6.36. The molecule has 4 N–H and O–H groups in total. The van der Waals surface area contributed by atoms with E-state index in [4.69, 9.17) is 5.73 Å². The zero-order valence-electron chi connectivity index (χ0n) is 9.83. The molecule has 1 aromatic heterocycles. The lowest BCUT2D eigenvalue weighted by atomic mass is 10.1. The Morgan fingerprint density at radius 3 is 3.06 bits per heavy atom. The number of amides is 1. The highest BCUT2D eigenvalue weighted by Gasteiger charge is 2.27. The second-order valence-corrected chi connectivity index (χ2v) is 5.13. The molecule has 0 radical (unpaired) electrons. The molecule has 2 atom stereocenters. The van der Waals surface area contributed by atoms with Gasteiger partial charge in [0.15, 0.2) is 5.69 Å². The third kappa shape index (κ3) is 1.95. The number of aromatic amines is 1. The van der Waals surface area contributed by atoms with Gasteiger partial charge >= 0.3 is 0 Å². The van der Waals surface area contributed by atoms with Gasteiger partial charge in [-0.15, -0.1) is 0 Å². The third-order valence-electron chi connectivity index (χ3n) is 3.83. The molecular weight excluding hydrogens is 216 g/mol. The molecule has 0 aromatic carbocycles. The van der Waals surface area contributed by atoms with Gasteiger partial charge in [-0.2, -0.15) is 5.10 Å². The van der Waals surface area contributed by atoms with Crippen LogP contribution in [0, 0.1) is 0 Å². The number of H-pyrrole nitrogens is 1. The summed E-state index contributed by atoms with van der Waals surface area (Å²) in [7, 11) is 0. The van der Waals surface area contributed by atoms with Crippen molar-refractivity contribution in [3.8, 4) is 0 Å². The number of carbonyl (C=O) groups excluding carboxylic acids is 1. The Hall–Kier alpha value is -1.36. The normalized spacial score (nSPS) is 27.1. The van der Waals surface area contributed by atoms with E-state index in [1.807, 2.05) is 0 Å². The van der Waals surface area contributed by atoms with E-state index >= 15 is 0 Å². The van der Waals surface area contributed by atoms with Crippen molar-refractivity contribution in [2.45, 2.75) is 50.6 Å². The van der Waals surface area contributed by atoms with E-state index < -0.39 is 0 Å². The number of hydrogen-bond acceptors (Lipinski definition) is 3. The van der Waals surface area contributed by atoms with Crippen molar-refractivity contribution < 1.29 is 4.79 Å². The summed E-state index contributed by atoms with van der Waals surface area (Å²) in [6.45, 7) is 0. The molecule has 0 aliphatic heterocycles. The second kappa shape index (κ2) is 4.14. The van der Waals surface area contributed by atoms with Crippen molar-refractivity contribution in [3.05, 3.63) is 17.0 Å². The van der Waals surface area contributed by atoms with Gasteiger partial charge in [0.1, 0.15) is 0 Å². The van der Waals surface area contributed by atoms with Crippen LogP contribution in [0.25, 0.3) is 0 Å². The fraction of sp³-hybridized carbons (Fsp3) is 0.667. The molecule has 1 aromatic rings. The topological polar surface area (TPSA) is 83.8 Å². The van der Waals surface area contributed by atoms with E-state index in [1.54, 1.807) is 0 Å². The minimum Gasteiger partial charge on any atom is -0.348 e. The largest absolute Gasteiger partial charge is 0.348 e. The Kier molecular flexibility index (Phi) is 2.63. The van der Waals surface area contributed by atoms with Crippen LogP contribution in [0.15, 0.2) is 0 Å². The van der Waals surface area contributed by atoms with Gasteiger partial charge in [-0.1, -0.05) is 0 Å². The molecular formula is C12H18N4O. The maximum Gasteiger partial charge on any atom is 0.272 e. The van der Waals surface area contributed by atoms with Gasteiger partial charge in [0.05, 0.1) is 0 Å². The fourth-order valence-corrected chi connectivity index (χ4v) is 2.91. The van der Waals surface area contributed by atoms with Gasteiger partial charge in [0, 0.05) is 23.3 Å². The average molecular weight is 234 g/mol. The van der Waals surface area contributed by atoms with Gasteiger partial charge in [-0.05, 0) is 38.5 Å². The highest BCUT2D eigenvalue weighted by Crippen LogP contribution is 2.23. The van der Waals surface area contributed by atoms with Gasteiger partial charge in [-0.3, -0.25) is 9.89 Å². The molecule has 0 bridgehead atoms. The first-order chi connectivity index (χ1) is 8.24. The van der Waals surface area contributed by atoms with Crippen LogP contribution in [0.4, 0.5) is 0 Å². The van der Waals surface area contributed by atoms with Crippen LogP contribution in [0.3, 0.4) is 0 Å². The fourth-order valence-electron chi connectivity index (χ4n) is 2.91. The lowest BCUT2D eigenvalue weighted by Gasteiger charge is -2.11. The molecule has 0 spiro atoms. The van der Waals surface area contributed by atoms with E-state index in [1.165, 1.54) is 0 Å². The van der Waals surface area contributed by atoms with Gasteiger partial charge in [-0.25, -0.2) is 0 Å². The van der Waals surface area contributed by atoms with Crippen molar-refractivity contribution in [1.82, 2.24) is 15.5 Å². The number of hydrogen-bond donors (Lipinski definition) is 3. The van der Waals surface area contributed by atoms with E-state index in [0.29, 0.717) is 5.69 Å². The molecule has 2 aliphatic rings. The quantitative estimate of drug-likeness (QED) is 0.697. The molecule has 1 heterocycles. The SMILES string of the molecule is N[C@@H]1CC[C@@H](NC(=O)c2n[nH]c3c2CCC3)C1. The number of nitrogens with one attached hydrogen (secondary N) is 2. The molecule has 2 aliphatic carbocycles. The number of fused-ring (bicyclic) bond motifs is 1. The molecule has 0 saturated heterocycles. The minimum atomic E-state index is -0.0384. The summed E-state index contributed by atoms with van der Waals surface area (Å²) in [5.74, 6) is -0.0384. The summed E-state index contributed by atoms with van der Waals surface area (Å²) >= 11 is 0. The van der Waals surface area contributed by atoms with E-state index in [0.717, 1.165) is 49.8 Å². The average Bonchev–Trinajstić information content (AvgIpc) is 2.93. The lowest BCUT2D eigenvalue weighted by Crippen LogP contribution is -2.34. The molecule has 92 valence electrons.